The van der Waals surface area contributed by atoms with Crippen molar-refractivity contribution in [2.75, 3.05) is 19.8 Å². The van der Waals surface area contributed by atoms with Crippen molar-refractivity contribution in [3.05, 3.63) is 72.4 Å². The van der Waals surface area contributed by atoms with Gasteiger partial charge < -0.3 is 14.2 Å². The maximum atomic E-state index is 12.4. The number of esters is 1. The van der Waals surface area contributed by atoms with Crippen LogP contribution in [0.4, 0.5) is 13.2 Å². The van der Waals surface area contributed by atoms with Crippen LogP contribution in [0, 0.1) is 0 Å². The molecule has 46 heavy (non-hydrogen) atoms. The van der Waals surface area contributed by atoms with Crippen LogP contribution in [0.25, 0.3) is 22.4 Å². The summed E-state index contributed by atoms with van der Waals surface area (Å²) in [6, 6.07) is 19.3. The van der Waals surface area contributed by atoms with Crippen molar-refractivity contribution < 1.29 is 32.2 Å². The van der Waals surface area contributed by atoms with E-state index in [-0.39, 0.29) is 13.2 Å². The smallest absolute Gasteiger partial charge is 0.414 e. The van der Waals surface area contributed by atoms with Crippen LogP contribution in [0.15, 0.2) is 66.9 Å². The van der Waals surface area contributed by atoms with E-state index in [9.17, 15) is 18.0 Å². The first-order chi connectivity index (χ1) is 22.3. The fraction of sp³-hybridized carbons (Fsp3) is 0.526. The number of unbranched alkanes of at least 4 members (excludes halogenated alkanes) is 11. The van der Waals surface area contributed by atoms with Gasteiger partial charge in [-0.05, 0) is 80.6 Å². The molecule has 3 aromatic rings. The zero-order valence-corrected chi connectivity index (χ0v) is 27.5. The van der Waals surface area contributed by atoms with E-state index in [1.807, 2.05) is 54.7 Å². The van der Waals surface area contributed by atoms with E-state index in [1.165, 1.54) is 51.4 Å². The van der Waals surface area contributed by atoms with Gasteiger partial charge in [0.15, 0.2) is 6.10 Å². The Hall–Kier alpha value is -3.39. The van der Waals surface area contributed by atoms with Crippen LogP contribution in [-0.2, 0) is 9.47 Å². The molecule has 0 saturated carbocycles. The molecule has 1 heterocycles. The molecule has 2 aromatic carbocycles. The normalized spacial score (nSPS) is 12.2. The van der Waals surface area contributed by atoms with Gasteiger partial charge in [0.25, 0.3) is 0 Å². The van der Waals surface area contributed by atoms with Crippen LogP contribution < -0.4 is 4.74 Å². The Bertz CT molecular complexity index is 1240. The maximum Gasteiger partial charge on any atom is 0.414 e. The summed E-state index contributed by atoms with van der Waals surface area (Å²) < 4.78 is 53.4. The molecular formula is C38H50F3NO4. The van der Waals surface area contributed by atoms with Gasteiger partial charge in [0.2, 0.25) is 0 Å². The van der Waals surface area contributed by atoms with Gasteiger partial charge in [0.05, 0.1) is 24.5 Å². The molecule has 0 radical (unpaired) electrons. The Kier molecular flexibility index (Phi) is 16.7. The summed E-state index contributed by atoms with van der Waals surface area (Å²) in [5, 5.41) is 0. The van der Waals surface area contributed by atoms with E-state index >= 15 is 0 Å². The highest BCUT2D eigenvalue weighted by atomic mass is 19.4. The van der Waals surface area contributed by atoms with Gasteiger partial charge in [-0.25, -0.2) is 4.79 Å². The Morgan fingerprint density at radius 1 is 0.674 bits per heavy atom. The van der Waals surface area contributed by atoms with Crippen molar-refractivity contribution in [1.29, 1.82) is 0 Å². The molecule has 1 aromatic heterocycles. The molecule has 0 aliphatic rings. The highest BCUT2D eigenvalue weighted by Crippen LogP contribution is 2.25. The minimum atomic E-state index is -4.33. The number of halogens is 3. The first-order valence-corrected chi connectivity index (χ1v) is 16.9. The molecule has 3 rings (SSSR count). The Labute approximate surface area is 272 Å². The summed E-state index contributed by atoms with van der Waals surface area (Å²) in [5.41, 5.74) is 4.24. The summed E-state index contributed by atoms with van der Waals surface area (Å²) in [6.07, 6.45) is 10.0. The quantitative estimate of drug-likeness (QED) is 0.0807. The number of carbonyl (C=O) groups excluding carboxylic acids is 1. The summed E-state index contributed by atoms with van der Waals surface area (Å²) in [7, 11) is 0. The Morgan fingerprint density at radius 3 is 1.80 bits per heavy atom. The third-order valence-electron chi connectivity index (χ3n) is 7.98. The van der Waals surface area contributed by atoms with E-state index < -0.39 is 18.2 Å². The van der Waals surface area contributed by atoms with E-state index in [0.29, 0.717) is 24.8 Å². The molecular weight excluding hydrogens is 591 g/mol. The fourth-order valence-corrected chi connectivity index (χ4v) is 5.02. The number of benzene rings is 2. The van der Waals surface area contributed by atoms with Gasteiger partial charge in [-0.3, -0.25) is 4.98 Å². The van der Waals surface area contributed by atoms with Gasteiger partial charge in [-0.15, -0.1) is 0 Å². The predicted molar refractivity (Wildman–Crippen MR) is 178 cm³/mol. The average Bonchev–Trinajstić information content (AvgIpc) is 3.06. The topological polar surface area (TPSA) is 57.7 Å². The second-order valence-corrected chi connectivity index (χ2v) is 11.8. The number of hydrogen-bond donors (Lipinski definition) is 0. The monoisotopic (exact) mass is 641 g/mol. The Balaban J connectivity index is 1.32. The van der Waals surface area contributed by atoms with Gasteiger partial charge in [-0.2, -0.15) is 13.2 Å². The predicted octanol–water partition coefficient (Wildman–Crippen LogP) is 11.0. The van der Waals surface area contributed by atoms with Crippen molar-refractivity contribution in [3.8, 4) is 28.1 Å². The number of aromatic nitrogens is 1. The highest BCUT2D eigenvalue weighted by molar-refractivity contribution is 5.90. The van der Waals surface area contributed by atoms with Crippen LogP contribution >= 0.6 is 0 Å². The molecule has 0 amide bonds. The molecule has 0 spiro atoms. The zero-order valence-electron chi connectivity index (χ0n) is 27.5. The lowest BCUT2D eigenvalue weighted by molar-refractivity contribution is -0.214. The van der Waals surface area contributed by atoms with Gasteiger partial charge in [0, 0.05) is 23.9 Å². The van der Waals surface area contributed by atoms with Gasteiger partial charge in [-0.1, -0.05) is 82.9 Å². The molecule has 0 N–H and O–H groups in total. The number of alkyl halides is 3. The number of rotatable bonds is 22. The molecule has 0 fully saturated rings. The molecule has 0 aliphatic carbocycles. The van der Waals surface area contributed by atoms with E-state index in [0.717, 1.165) is 54.5 Å². The lowest BCUT2D eigenvalue weighted by atomic mass is 10.0. The van der Waals surface area contributed by atoms with Crippen molar-refractivity contribution in [2.24, 2.45) is 0 Å². The van der Waals surface area contributed by atoms with Crippen molar-refractivity contribution in [3.63, 3.8) is 0 Å². The third kappa shape index (κ3) is 13.9. The maximum absolute atomic E-state index is 12.4. The summed E-state index contributed by atoms with van der Waals surface area (Å²) >= 11 is 0. The molecule has 1 atom stereocenters. The zero-order chi connectivity index (χ0) is 33.0. The Morgan fingerprint density at radius 2 is 1.22 bits per heavy atom. The standard InChI is InChI=1S/C38H50F3NO4/c1-3-4-5-6-7-8-9-10-14-27-45-35-23-20-32(21-24-35)36-25-22-34(29-42-36)31-16-18-33(19-17-31)37(43)46-28-15-12-11-13-26-44-30(2)38(39,40)41/h16-25,29-30H,3-15,26-28H2,1-2H3. The molecule has 0 bridgehead atoms. The third-order valence-corrected chi connectivity index (χ3v) is 7.98. The average molecular weight is 642 g/mol. The van der Waals surface area contributed by atoms with Gasteiger partial charge >= 0.3 is 12.1 Å². The molecule has 0 aliphatic heterocycles. The van der Waals surface area contributed by atoms with E-state index in [1.54, 1.807) is 12.1 Å². The SMILES string of the molecule is CCCCCCCCCCCOc1ccc(-c2ccc(-c3ccc(C(=O)OCCCCCCOC(C)C(F)(F)F)cc3)cn2)cc1. The first kappa shape index (κ1) is 37.1. The summed E-state index contributed by atoms with van der Waals surface area (Å²) in [6.45, 7) is 4.33. The summed E-state index contributed by atoms with van der Waals surface area (Å²) in [4.78, 5) is 17.0. The van der Waals surface area contributed by atoms with Crippen LogP contribution in [0.1, 0.15) is 108 Å². The van der Waals surface area contributed by atoms with Gasteiger partial charge in [0.1, 0.15) is 5.75 Å². The van der Waals surface area contributed by atoms with Crippen LogP contribution in [-0.4, -0.2) is 43.1 Å². The van der Waals surface area contributed by atoms with Crippen molar-refractivity contribution in [2.45, 2.75) is 110 Å². The highest BCUT2D eigenvalue weighted by Gasteiger charge is 2.36. The first-order valence-electron chi connectivity index (χ1n) is 16.9. The second kappa shape index (κ2) is 20.7. The van der Waals surface area contributed by atoms with Crippen LogP contribution in [0.5, 0.6) is 5.75 Å². The largest absolute Gasteiger partial charge is 0.494 e. The van der Waals surface area contributed by atoms with Crippen LogP contribution in [0.3, 0.4) is 0 Å². The lowest BCUT2D eigenvalue weighted by Crippen LogP contribution is -2.28. The molecule has 252 valence electrons. The molecule has 1 unspecified atom stereocenters. The number of pyridine rings is 1. The minimum absolute atomic E-state index is 0.0626. The van der Waals surface area contributed by atoms with Crippen LogP contribution in [0.2, 0.25) is 0 Å². The fourth-order valence-electron chi connectivity index (χ4n) is 5.02. The second-order valence-electron chi connectivity index (χ2n) is 11.8. The van der Waals surface area contributed by atoms with Crippen molar-refractivity contribution >= 4 is 5.97 Å². The minimum Gasteiger partial charge on any atom is -0.494 e. The molecule has 5 nitrogen and oxygen atoms in total. The number of hydrogen-bond acceptors (Lipinski definition) is 5. The molecule has 0 saturated heterocycles. The molecule has 8 heteroatoms. The van der Waals surface area contributed by atoms with E-state index in [2.05, 4.69) is 11.9 Å². The number of carbonyl (C=O) groups is 1. The lowest BCUT2D eigenvalue weighted by Gasteiger charge is -2.16. The number of nitrogens with zero attached hydrogens (tertiary/aromatic N) is 1. The van der Waals surface area contributed by atoms with E-state index in [4.69, 9.17) is 14.2 Å². The summed E-state index contributed by atoms with van der Waals surface area (Å²) in [5.74, 6) is 0.476. The van der Waals surface area contributed by atoms with Crippen molar-refractivity contribution in [1.82, 2.24) is 4.98 Å². The number of ether oxygens (including phenoxy) is 3.